The molecule has 2 aromatic heterocycles. The highest BCUT2D eigenvalue weighted by molar-refractivity contribution is 5.62. The summed E-state index contributed by atoms with van der Waals surface area (Å²) in [6.45, 7) is 3.64. The van der Waals surface area contributed by atoms with Crippen LogP contribution in [0.4, 0.5) is 0 Å². The lowest BCUT2D eigenvalue weighted by Crippen LogP contribution is -2.23. The third-order valence-electron chi connectivity index (χ3n) is 3.69. The second-order valence-corrected chi connectivity index (χ2v) is 5.17. The SMILES string of the molecule is COc1cccc(-c2noc(-c3c(C)c(C)nn(C)c3=O)n2)c1. The lowest BCUT2D eigenvalue weighted by molar-refractivity contribution is 0.414. The first-order valence-electron chi connectivity index (χ1n) is 7.04. The fourth-order valence-electron chi connectivity index (χ4n) is 2.30. The van der Waals surface area contributed by atoms with Crippen LogP contribution < -0.4 is 10.3 Å². The second kappa shape index (κ2) is 5.68. The Morgan fingerprint density at radius 3 is 2.78 bits per heavy atom. The molecule has 0 amide bonds. The zero-order valence-corrected chi connectivity index (χ0v) is 13.3. The monoisotopic (exact) mass is 312 g/mol. The number of aryl methyl sites for hydroxylation is 2. The molecule has 0 aliphatic carbocycles. The van der Waals surface area contributed by atoms with Gasteiger partial charge in [-0.1, -0.05) is 17.3 Å². The summed E-state index contributed by atoms with van der Waals surface area (Å²) in [6.07, 6.45) is 0. The van der Waals surface area contributed by atoms with Crippen molar-refractivity contribution in [2.24, 2.45) is 7.05 Å². The highest BCUT2D eigenvalue weighted by Crippen LogP contribution is 2.25. The van der Waals surface area contributed by atoms with Crippen LogP contribution in [-0.4, -0.2) is 27.0 Å². The normalized spacial score (nSPS) is 10.8. The van der Waals surface area contributed by atoms with Crippen molar-refractivity contribution in [3.05, 3.63) is 45.9 Å². The lowest BCUT2D eigenvalue weighted by Gasteiger charge is -2.05. The van der Waals surface area contributed by atoms with Crippen molar-refractivity contribution in [3.63, 3.8) is 0 Å². The molecule has 1 aromatic carbocycles. The number of hydrogen-bond acceptors (Lipinski definition) is 6. The summed E-state index contributed by atoms with van der Waals surface area (Å²) in [7, 11) is 3.19. The van der Waals surface area contributed by atoms with Crippen LogP contribution in [0, 0.1) is 13.8 Å². The Hall–Kier alpha value is -2.96. The molecule has 118 valence electrons. The third-order valence-corrected chi connectivity index (χ3v) is 3.69. The van der Waals surface area contributed by atoms with Crippen LogP contribution in [0.25, 0.3) is 22.8 Å². The number of nitrogens with zero attached hydrogens (tertiary/aromatic N) is 4. The van der Waals surface area contributed by atoms with Gasteiger partial charge in [-0.25, -0.2) is 4.68 Å². The van der Waals surface area contributed by atoms with Gasteiger partial charge in [0.25, 0.3) is 11.4 Å². The topological polar surface area (TPSA) is 83.0 Å². The van der Waals surface area contributed by atoms with Gasteiger partial charge >= 0.3 is 0 Å². The predicted molar refractivity (Wildman–Crippen MR) is 84.2 cm³/mol. The van der Waals surface area contributed by atoms with E-state index >= 15 is 0 Å². The summed E-state index contributed by atoms with van der Waals surface area (Å²) in [5, 5.41) is 8.11. The van der Waals surface area contributed by atoms with Gasteiger partial charge in [0.05, 0.1) is 12.8 Å². The van der Waals surface area contributed by atoms with Crippen molar-refractivity contribution in [2.45, 2.75) is 13.8 Å². The quantitative estimate of drug-likeness (QED) is 0.736. The summed E-state index contributed by atoms with van der Waals surface area (Å²) < 4.78 is 11.8. The number of ether oxygens (including phenoxy) is 1. The van der Waals surface area contributed by atoms with E-state index in [1.165, 1.54) is 4.68 Å². The van der Waals surface area contributed by atoms with Crippen molar-refractivity contribution in [3.8, 4) is 28.6 Å². The molecule has 0 aliphatic heterocycles. The second-order valence-electron chi connectivity index (χ2n) is 5.17. The van der Waals surface area contributed by atoms with Crippen LogP contribution in [0.1, 0.15) is 11.3 Å². The zero-order valence-electron chi connectivity index (χ0n) is 13.3. The van der Waals surface area contributed by atoms with Crippen molar-refractivity contribution < 1.29 is 9.26 Å². The van der Waals surface area contributed by atoms with E-state index in [1.54, 1.807) is 20.2 Å². The van der Waals surface area contributed by atoms with Crippen LogP contribution in [0.2, 0.25) is 0 Å². The van der Waals surface area contributed by atoms with Gasteiger partial charge in [-0.2, -0.15) is 10.1 Å². The van der Waals surface area contributed by atoms with Crippen molar-refractivity contribution >= 4 is 0 Å². The molecule has 23 heavy (non-hydrogen) atoms. The van der Waals surface area contributed by atoms with Gasteiger partial charge in [-0.3, -0.25) is 4.79 Å². The molecule has 0 spiro atoms. The summed E-state index contributed by atoms with van der Waals surface area (Å²) in [4.78, 5) is 16.7. The minimum absolute atomic E-state index is 0.186. The van der Waals surface area contributed by atoms with Crippen LogP contribution in [0.15, 0.2) is 33.6 Å². The highest BCUT2D eigenvalue weighted by Gasteiger charge is 2.19. The van der Waals surface area contributed by atoms with E-state index in [-0.39, 0.29) is 11.4 Å². The zero-order chi connectivity index (χ0) is 16.6. The Balaban J connectivity index is 2.11. The van der Waals surface area contributed by atoms with E-state index in [2.05, 4.69) is 15.2 Å². The number of benzene rings is 1. The molecule has 0 saturated heterocycles. The summed E-state index contributed by atoms with van der Waals surface area (Å²) in [5.74, 6) is 1.28. The maximum absolute atomic E-state index is 12.3. The van der Waals surface area contributed by atoms with Gasteiger partial charge in [-0.15, -0.1) is 0 Å². The number of hydrogen-bond donors (Lipinski definition) is 0. The Morgan fingerprint density at radius 2 is 2.04 bits per heavy atom. The molecular weight excluding hydrogens is 296 g/mol. The summed E-state index contributed by atoms with van der Waals surface area (Å²) in [6, 6.07) is 7.32. The first-order chi connectivity index (χ1) is 11.0. The molecule has 3 rings (SSSR count). The Kier molecular flexibility index (Phi) is 3.69. The molecule has 3 aromatic rings. The molecule has 7 heteroatoms. The van der Waals surface area contributed by atoms with E-state index in [9.17, 15) is 4.79 Å². The lowest BCUT2D eigenvalue weighted by atomic mass is 10.1. The predicted octanol–water partition coefficient (Wildman–Crippen LogP) is 2.12. The Labute approximate surface area is 132 Å². The number of aromatic nitrogens is 4. The Bertz CT molecular complexity index is 927. The van der Waals surface area contributed by atoms with E-state index < -0.39 is 0 Å². The van der Waals surface area contributed by atoms with Gasteiger partial charge in [0.2, 0.25) is 5.82 Å². The van der Waals surface area contributed by atoms with Crippen LogP contribution in [-0.2, 0) is 7.05 Å². The number of methoxy groups -OCH3 is 1. The molecule has 0 saturated carbocycles. The van der Waals surface area contributed by atoms with Crippen molar-refractivity contribution in [1.29, 1.82) is 0 Å². The molecule has 0 aliphatic rings. The number of rotatable bonds is 3. The van der Waals surface area contributed by atoms with Crippen LogP contribution in [0.3, 0.4) is 0 Å². The average Bonchev–Trinajstić information content (AvgIpc) is 3.03. The van der Waals surface area contributed by atoms with Crippen LogP contribution in [0.5, 0.6) is 5.75 Å². The minimum atomic E-state index is -0.269. The Morgan fingerprint density at radius 1 is 1.26 bits per heavy atom. The molecular formula is C16H16N4O3. The average molecular weight is 312 g/mol. The molecule has 2 heterocycles. The smallest absolute Gasteiger partial charge is 0.279 e. The van der Waals surface area contributed by atoms with Crippen LogP contribution >= 0.6 is 0 Å². The van der Waals surface area contributed by atoms with Gasteiger partial charge < -0.3 is 9.26 Å². The van der Waals surface area contributed by atoms with E-state index in [0.29, 0.717) is 17.1 Å². The molecule has 0 N–H and O–H groups in total. The molecule has 0 fully saturated rings. The van der Waals surface area contributed by atoms with Gasteiger partial charge in [0.1, 0.15) is 11.3 Å². The fraction of sp³-hybridized carbons (Fsp3) is 0.250. The summed E-state index contributed by atoms with van der Waals surface area (Å²) in [5.41, 5.74) is 2.33. The van der Waals surface area contributed by atoms with Gasteiger partial charge in [0.15, 0.2) is 0 Å². The third kappa shape index (κ3) is 2.61. The fourth-order valence-corrected chi connectivity index (χ4v) is 2.30. The van der Waals surface area contributed by atoms with Crippen molar-refractivity contribution in [2.75, 3.05) is 7.11 Å². The van der Waals surface area contributed by atoms with Crippen molar-refractivity contribution in [1.82, 2.24) is 19.9 Å². The molecule has 0 unspecified atom stereocenters. The molecule has 0 atom stereocenters. The molecule has 0 bridgehead atoms. The first-order valence-corrected chi connectivity index (χ1v) is 7.04. The highest BCUT2D eigenvalue weighted by atomic mass is 16.5. The standard InChI is InChI=1S/C16H16N4O3/c1-9-10(2)18-20(3)16(21)13(9)15-17-14(19-23-15)11-6-5-7-12(8-11)22-4/h5-8H,1-4H3. The van der Waals surface area contributed by atoms with E-state index in [4.69, 9.17) is 9.26 Å². The molecule has 7 nitrogen and oxygen atoms in total. The maximum Gasteiger partial charge on any atom is 0.279 e. The van der Waals surface area contributed by atoms with Gasteiger partial charge in [-0.05, 0) is 31.5 Å². The van der Waals surface area contributed by atoms with E-state index in [0.717, 1.165) is 16.8 Å². The minimum Gasteiger partial charge on any atom is -0.497 e. The summed E-state index contributed by atoms with van der Waals surface area (Å²) >= 11 is 0. The molecule has 0 radical (unpaired) electrons. The van der Waals surface area contributed by atoms with Gasteiger partial charge in [0, 0.05) is 12.6 Å². The first kappa shape index (κ1) is 15.0. The largest absolute Gasteiger partial charge is 0.497 e. The van der Waals surface area contributed by atoms with E-state index in [1.807, 2.05) is 32.0 Å². The maximum atomic E-state index is 12.3.